The van der Waals surface area contributed by atoms with Crippen molar-refractivity contribution >= 4 is 11.6 Å². The van der Waals surface area contributed by atoms with E-state index >= 15 is 0 Å². The van der Waals surface area contributed by atoms with Crippen molar-refractivity contribution in [3.8, 4) is 11.5 Å². The molecule has 4 heteroatoms. The SMILES string of the molecule is COc1cc(O)c(C(=O)c2ccccc2)cc1C(=O)c1ccccc1. The lowest BCUT2D eigenvalue weighted by Gasteiger charge is -2.12. The maximum Gasteiger partial charge on any atom is 0.196 e. The van der Waals surface area contributed by atoms with Gasteiger partial charge in [-0.15, -0.1) is 0 Å². The molecule has 0 bridgehead atoms. The fourth-order valence-corrected chi connectivity index (χ4v) is 2.59. The molecule has 1 N–H and O–H groups in total. The third-order valence-corrected chi connectivity index (χ3v) is 3.88. The van der Waals surface area contributed by atoms with Gasteiger partial charge in [0, 0.05) is 17.2 Å². The number of methoxy groups -OCH3 is 1. The number of rotatable bonds is 5. The molecular weight excluding hydrogens is 316 g/mol. The number of phenolic OH excluding ortho intramolecular Hbond substituents is 1. The van der Waals surface area contributed by atoms with Crippen molar-refractivity contribution in [3.05, 3.63) is 95.1 Å². The smallest absolute Gasteiger partial charge is 0.196 e. The van der Waals surface area contributed by atoms with Crippen LogP contribution in [0.15, 0.2) is 72.8 Å². The molecule has 0 saturated heterocycles. The number of hydrogen-bond acceptors (Lipinski definition) is 4. The molecule has 3 aromatic rings. The van der Waals surface area contributed by atoms with Gasteiger partial charge in [-0.3, -0.25) is 9.59 Å². The van der Waals surface area contributed by atoms with E-state index in [2.05, 4.69) is 0 Å². The summed E-state index contributed by atoms with van der Waals surface area (Å²) in [5.74, 6) is -0.645. The number of carbonyl (C=O) groups is 2. The molecule has 0 unspecified atom stereocenters. The number of ether oxygens (including phenoxy) is 1. The Morgan fingerprint density at radius 3 is 1.72 bits per heavy atom. The second-order valence-electron chi connectivity index (χ2n) is 5.46. The molecule has 0 aliphatic rings. The van der Waals surface area contributed by atoms with Crippen molar-refractivity contribution in [2.75, 3.05) is 7.11 Å². The van der Waals surface area contributed by atoms with Gasteiger partial charge in [-0.1, -0.05) is 60.7 Å². The Morgan fingerprint density at radius 2 is 1.24 bits per heavy atom. The quantitative estimate of drug-likeness (QED) is 0.721. The van der Waals surface area contributed by atoms with Crippen molar-refractivity contribution < 1.29 is 19.4 Å². The molecule has 0 atom stereocenters. The number of aromatic hydroxyl groups is 1. The first-order valence-electron chi connectivity index (χ1n) is 7.72. The van der Waals surface area contributed by atoms with E-state index in [-0.39, 0.29) is 34.2 Å². The zero-order valence-corrected chi connectivity index (χ0v) is 13.6. The maximum absolute atomic E-state index is 12.8. The van der Waals surface area contributed by atoms with Crippen molar-refractivity contribution in [2.24, 2.45) is 0 Å². The highest BCUT2D eigenvalue weighted by Gasteiger charge is 2.21. The monoisotopic (exact) mass is 332 g/mol. The predicted octanol–water partition coefficient (Wildman–Crippen LogP) is 3.86. The largest absolute Gasteiger partial charge is 0.507 e. The van der Waals surface area contributed by atoms with E-state index in [0.29, 0.717) is 11.1 Å². The zero-order chi connectivity index (χ0) is 17.8. The number of benzene rings is 3. The van der Waals surface area contributed by atoms with Crippen molar-refractivity contribution in [3.63, 3.8) is 0 Å². The lowest BCUT2D eigenvalue weighted by molar-refractivity contribution is 0.103. The summed E-state index contributed by atoms with van der Waals surface area (Å²) in [5.41, 5.74) is 1.20. The summed E-state index contributed by atoms with van der Waals surface area (Å²) in [6.45, 7) is 0. The van der Waals surface area contributed by atoms with Crippen LogP contribution in [0.4, 0.5) is 0 Å². The van der Waals surface area contributed by atoms with Crippen LogP contribution in [-0.2, 0) is 0 Å². The van der Waals surface area contributed by atoms with Crippen LogP contribution in [0, 0.1) is 0 Å². The number of phenols is 1. The van der Waals surface area contributed by atoms with Gasteiger partial charge in [-0.2, -0.15) is 0 Å². The average Bonchev–Trinajstić information content (AvgIpc) is 2.68. The standard InChI is InChI=1S/C21H16O4/c1-25-19-13-18(22)16(20(23)14-8-4-2-5-9-14)12-17(19)21(24)15-10-6-3-7-11-15/h2-13,22H,1H3. The van der Waals surface area contributed by atoms with Crippen LogP contribution in [0.25, 0.3) is 0 Å². The fourth-order valence-electron chi connectivity index (χ4n) is 2.59. The third kappa shape index (κ3) is 3.28. The van der Waals surface area contributed by atoms with Gasteiger partial charge in [0.1, 0.15) is 11.5 Å². The summed E-state index contributed by atoms with van der Waals surface area (Å²) in [7, 11) is 1.41. The lowest BCUT2D eigenvalue weighted by atomic mass is 9.96. The van der Waals surface area contributed by atoms with Crippen LogP contribution < -0.4 is 4.74 Å². The van der Waals surface area contributed by atoms with Gasteiger partial charge in [-0.05, 0) is 6.07 Å². The fraction of sp³-hybridized carbons (Fsp3) is 0.0476. The van der Waals surface area contributed by atoms with Gasteiger partial charge in [0.05, 0.1) is 18.2 Å². The van der Waals surface area contributed by atoms with E-state index in [1.807, 2.05) is 6.07 Å². The van der Waals surface area contributed by atoms with E-state index in [4.69, 9.17) is 4.74 Å². The van der Waals surface area contributed by atoms with E-state index < -0.39 is 0 Å². The first-order valence-corrected chi connectivity index (χ1v) is 7.72. The summed E-state index contributed by atoms with van der Waals surface area (Å²) >= 11 is 0. The summed E-state index contributed by atoms with van der Waals surface area (Å²) in [5, 5.41) is 10.2. The highest BCUT2D eigenvalue weighted by atomic mass is 16.5. The van der Waals surface area contributed by atoms with Gasteiger partial charge >= 0.3 is 0 Å². The normalized spacial score (nSPS) is 10.3. The number of carbonyl (C=O) groups excluding carboxylic acids is 2. The predicted molar refractivity (Wildman–Crippen MR) is 94.4 cm³/mol. The van der Waals surface area contributed by atoms with Gasteiger partial charge in [0.25, 0.3) is 0 Å². The minimum absolute atomic E-state index is 0.0614. The molecule has 3 aromatic carbocycles. The Morgan fingerprint density at radius 1 is 0.760 bits per heavy atom. The van der Waals surface area contributed by atoms with Gasteiger partial charge in [0.2, 0.25) is 0 Å². The summed E-state index contributed by atoms with van der Waals surface area (Å²) in [4.78, 5) is 25.4. The minimum atomic E-state index is -0.358. The van der Waals surface area contributed by atoms with Crippen molar-refractivity contribution in [1.29, 1.82) is 0 Å². The molecule has 0 aromatic heterocycles. The van der Waals surface area contributed by atoms with Crippen LogP contribution in [0.5, 0.6) is 11.5 Å². The Balaban J connectivity index is 2.10. The molecule has 0 fully saturated rings. The molecular formula is C21H16O4. The zero-order valence-electron chi connectivity index (χ0n) is 13.6. The Hall–Kier alpha value is -3.40. The number of ketones is 2. The highest BCUT2D eigenvalue weighted by Crippen LogP contribution is 2.31. The second-order valence-corrected chi connectivity index (χ2v) is 5.46. The molecule has 0 aliphatic heterocycles. The first-order chi connectivity index (χ1) is 12.1. The molecule has 0 spiro atoms. The Labute approximate surface area is 145 Å². The molecule has 0 heterocycles. The van der Waals surface area contributed by atoms with Crippen molar-refractivity contribution in [1.82, 2.24) is 0 Å². The Kier molecular flexibility index (Phi) is 4.61. The summed E-state index contributed by atoms with van der Waals surface area (Å²) < 4.78 is 5.22. The topological polar surface area (TPSA) is 63.6 Å². The molecule has 0 radical (unpaired) electrons. The van der Waals surface area contributed by atoms with Gasteiger partial charge in [0.15, 0.2) is 11.6 Å². The number of hydrogen-bond donors (Lipinski definition) is 1. The van der Waals surface area contributed by atoms with Crippen LogP contribution in [0.2, 0.25) is 0 Å². The van der Waals surface area contributed by atoms with Crippen LogP contribution in [0.3, 0.4) is 0 Å². The van der Waals surface area contributed by atoms with Crippen molar-refractivity contribution in [2.45, 2.75) is 0 Å². The molecule has 0 saturated carbocycles. The molecule has 0 aliphatic carbocycles. The van der Waals surface area contributed by atoms with Gasteiger partial charge in [-0.25, -0.2) is 0 Å². The highest BCUT2D eigenvalue weighted by molar-refractivity contribution is 6.15. The second kappa shape index (κ2) is 7.01. The first kappa shape index (κ1) is 16.5. The third-order valence-electron chi connectivity index (χ3n) is 3.88. The molecule has 124 valence electrons. The lowest BCUT2D eigenvalue weighted by Crippen LogP contribution is -2.08. The maximum atomic E-state index is 12.8. The average molecular weight is 332 g/mol. The van der Waals surface area contributed by atoms with E-state index in [9.17, 15) is 14.7 Å². The van der Waals surface area contributed by atoms with Crippen LogP contribution >= 0.6 is 0 Å². The van der Waals surface area contributed by atoms with E-state index in [1.54, 1.807) is 54.6 Å². The summed E-state index contributed by atoms with van der Waals surface area (Å²) in [6.07, 6.45) is 0. The molecule has 0 amide bonds. The van der Waals surface area contributed by atoms with Gasteiger partial charge < -0.3 is 9.84 Å². The molecule has 3 rings (SSSR count). The van der Waals surface area contributed by atoms with E-state index in [1.165, 1.54) is 19.2 Å². The van der Waals surface area contributed by atoms with E-state index in [0.717, 1.165) is 0 Å². The Bertz CT molecular complexity index is 915. The molecule has 25 heavy (non-hydrogen) atoms. The van der Waals surface area contributed by atoms with Crippen LogP contribution in [-0.4, -0.2) is 23.8 Å². The minimum Gasteiger partial charge on any atom is -0.507 e. The molecule has 4 nitrogen and oxygen atoms in total. The summed E-state index contributed by atoms with van der Waals surface area (Å²) in [6, 6.07) is 20.0. The van der Waals surface area contributed by atoms with Crippen LogP contribution in [0.1, 0.15) is 31.8 Å².